The van der Waals surface area contributed by atoms with Gasteiger partial charge >= 0.3 is 0 Å². The van der Waals surface area contributed by atoms with Crippen LogP contribution in [-0.4, -0.2) is 42.2 Å². The van der Waals surface area contributed by atoms with Crippen LogP contribution in [0.1, 0.15) is 29.5 Å². The number of benzodiazepines with no additional fused rings is 1. The van der Waals surface area contributed by atoms with Crippen LogP contribution in [0.4, 0.5) is 14.5 Å². The molecule has 1 saturated carbocycles. The van der Waals surface area contributed by atoms with Crippen LogP contribution < -0.4 is 15.5 Å². The number of para-hydroxylation sites is 1. The van der Waals surface area contributed by atoms with Crippen LogP contribution in [0.2, 0.25) is 0 Å². The highest BCUT2D eigenvalue weighted by Crippen LogP contribution is 2.36. The molecule has 1 aliphatic heterocycles. The predicted octanol–water partition coefficient (Wildman–Crippen LogP) is 3.11. The third-order valence-electron chi connectivity index (χ3n) is 6.51. The Bertz CT molecular complexity index is 1400. The maximum atomic E-state index is 13.5. The normalized spacial score (nSPS) is 17.8. The van der Waals surface area contributed by atoms with E-state index in [0.29, 0.717) is 24.2 Å². The minimum Gasteiger partial charge on any atom is -0.341 e. The summed E-state index contributed by atoms with van der Waals surface area (Å²) >= 11 is 0. The highest BCUT2D eigenvalue weighted by molar-refractivity contribution is 6.20. The van der Waals surface area contributed by atoms with Crippen molar-refractivity contribution in [2.45, 2.75) is 31.0 Å². The molecule has 2 aliphatic rings. The lowest BCUT2D eigenvalue weighted by molar-refractivity contribution is -0.132. The number of likely N-dealkylation sites (N-methyl/N-ethyl adjacent to an activating group) is 1. The van der Waals surface area contributed by atoms with E-state index in [1.807, 2.05) is 54.6 Å². The lowest BCUT2D eigenvalue weighted by atomic mass is 10.0. The number of halogens is 2. The van der Waals surface area contributed by atoms with Gasteiger partial charge in [-0.2, -0.15) is 0 Å². The molecule has 1 fully saturated rings. The number of benzene rings is 3. The van der Waals surface area contributed by atoms with Crippen molar-refractivity contribution >= 4 is 29.1 Å². The van der Waals surface area contributed by atoms with E-state index >= 15 is 0 Å². The third-order valence-corrected chi connectivity index (χ3v) is 6.51. The second-order valence-electron chi connectivity index (χ2n) is 9.22. The molecule has 9 heteroatoms. The first kappa shape index (κ1) is 24.3. The molecule has 0 unspecified atom stereocenters. The molecular formula is C28H24F2N4O3. The van der Waals surface area contributed by atoms with E-state index in [1.165, 1.54) is 4.90 Å². The summed E-state index contributed by atoms with van der Waals surface area (Å²) in [5.74, 6) is -3.09. The molecule has 0 bridgehead atoms. The number of carbonyl (C=O) groups excluding carboxylic acids is 3. The zero-order valence-electron chi connectivity index (χ0n) is 20.0. The van der Waals surface area contributed by atoms with Gasteiger partial charge in [0.15, 0.2) is 0 Å². The summed E-state index contributed by atoms with van der Waals surface area (Å²) in [5, 5.41) is 5.39. The molecule has 5 rings (SSSR count). The van der Waals surface area contributed by atoms with E-state index in [-0.39, 0.29) is 12.0 Å². The monoisotopic (exact) mass is 502 g/mol. The van der Waals surface area contributed by atoms with E-state index in [9.17, 15) is 23.2 Å². The lowest BCUT2D eigenvalue weighted by Gasteiger charge is -2.23. The second-order valence-corrected chi connectivity index (χ2v) is 9.22. The standard InChI is InChI=1S/C28H24F2N4O3/c1-34-22-10-6-5-9-21(22)24(18-7-3-2-4-8-18)31-25(26(34)36)32-27(37)28(11-12-28)33-23(35)15-17-13-19(29)16-20(30)14-17/h2-10,13-14,16,25H,11-12,15H2,1H3,(H,32,37)(H,33,35)/t25-/m1/s1. The maximum absolute atomic E-state index is 13.5. The smallest absolute Gasteiger partial charge is 0.272 e. The van der Waals surface area contributed by atoms with Gasteiger partial charge in [-0.1, -0.05) is 48.5 Å². The van der Waals surface area contributed by atoms with Crippen molar-refractivity contribution in [2.75, 3.05) is 11.9 Å². The fourth-order valence-electron chi connectivity index (χ4n) is 4.45. The zero-order chi connectivity index (χ0) is 26.2. The number of amides is 3. The van der Waals surface area contributed by atoms with Crippen molar-refractivity contribution in [3.8, 4) is 0 Å². The Morgan fingerprint density at radius 2 is 1.65 bits per heavy atom. The molecule has 3 aromatic carbocycles. The first-order chi connectivity index (χ1) is 17.8. The van der Waals surface area contributed by atoms with Crippen molar-refractivity contribution in [2.24, 2.45) is 4.99 Å². The second kappa shape index (κ2) is 9.57. The highest BCUT2D eigenvalue weighted by Gasteiger charge is 2.52. The molecule has 1 heterocycles. The molecule has 3 aromatic rings. The Kier molecular flexibility index (Phi) is 6.29. The van der Waals surface area contributed by atoms with Gasteiger partial charge in [0.1, 0.15) is 17.2 Å². The molecule has 2 N–H and O–H groups in total. The van der Waals surface area contributed by atoms with Crippen LogP contribution in [0.25, 0.3) is 0 Å². The summed E-state index contributed by atoms with van der Waals surface area (Å²) in [4.78, 5) is 45.4. The average molecular weight is 503 g/mol. The van der Waals surface area contributed by atoms with Crippen molar-refractivity contribution in [1.29, 1.82) is 0 Å². The number of nitrogens with zero attached hydrogens (tertiary/aromatic N) is 2. The summed E-state index contributed by atoms with van der Waals surface area (Å²) in [7, 11) is 1.62. The van der Waals surface area contributed by atoms with E-state index < -0.39 is 41.1 Å². The van der Waals surface area contributed by atoms with Crippen molar-refractivity contribution in [3.05, 3.63) is 101 Å². The number of aliphatic imine (C=N–C) groups is 1. The van der Waals surface area contributed by atoms with E-state index in [4.69, 9.17) is 0 Å². The number of anilines is 1. The summed E-state index contributed by atoms with van der Waals surface area (Å²) < 4.78 is 27.0. The first-order valence-electron chi connectivity index (χ1n) is 11.8. The summed E-state index contributed by atoms with van der Waals surface area (Å²) in [5.41, 5.74) is 1.70. The number of fused-ring (bicyclic) bond motifs is 1. The fraction of sp³-hybridized carbons (Fsp3) is 0.214. The SMILES string of the molecule is CN1C(=O)[C@@H](NC(=O)C2(NC(=O)Cc3cc(F)cc(F)c3)CC2)N=C(c2ccccc2)c2ccccc21. The van der Waals surface area contributed by atoms with Crippen LogP contribution in [0.15, 0.2) is 77.8 Å². The Balaban J connectivity index is 1.38. The van der Waals surface area contributed by atoms with Gasteiger partial charge in [-0.25, -0.2) is 13.8 Å². The molecule has 0 aromatic heterocycles. The Morgan fingerprint density at radius 1 is 1.00 bits per heavy atom. The summed E-state index contributed by atoms with van der Waals surface area (Å²) in [6.45, 7) is 0. The summed E-state index contributed by atoms with van der Waals surface area (Å²) in [6.07, 6.45) is -0.768. The molecule has 3 amide bonds. The molecule has 0 radical (unpaired) electrons. The first-order valence-corrected chi connectivity index (χ1v) is 11.8. The minimum atomic E-state index is -1.22. The van der Waals surface area contributed by atoms with Gasteiger partial charge < -0.3 is 15.5 Å². The van der Waals surface area contributed by atoms with Gasteiger partial charge in [0.05, 0.1) is 17.8 Å². The molecule has 1 atom stereocenters. The molecule has 188 valence electrons. The minimum absolute atomic E-state index is 0.154. The molecule has 37 heavy (non-hydrogen) atoms. The van der Waals surface area contributed by atoms with Crippen LogP contribution in [0.3, 0.4) is 0 Å². The number of nitrogens with one attached hydrogen (secondary N) is 2. The van der Waals surface area contributed by atoms with Gasteiger partial charge in [-0.3, -0.25) is 14.4 Å². The Morgan fingerprint density at radius 3 is 2.32 bits per heavy atom. The van der Waals surface area contributed by atoms with Gasteiger partial charge in [-0.05, 0) is 36.6 Å². The molecule has 1 aliphatic carbocycles. The van der Waals surface area contributed by atoms with E-state index in [1.54, 1.807) is 7.05 Å². The largest absolute Gasteiger partial charge is 0.341 e. The van der Waals surface area contributed by atoms with Gasteiger partial charge in [0.25, 0.3) is 5.91 Å². The Hall–Kier alpha value is -4.40. The highest BCUT2D eigenvalue weighted by atomic mass is 19.1. The topological polar surface area (TPSA) is 90.9 Å². The van der Waals surface area contributed by atoms with Crippen molar-refractivity contribution in [3.63, 3.8) is 0 Å². The van der Waals surface area contributed by atoms with Gasteiger partial charge in [0.2, 0.25) is 18.0 Å². The number of rotatable bonds is 6. The lowest BCUT2D eigenvalue weighted by Crippen LogP contribution is -2.55. The number of hydrogen-bond acceptors (Lipinski definition) is 4. The number of carbonyl (C=O) groups is 3. The van der Waals surface area contributed by atoms with Crippen LogP contribution in [0, 0.1) is 11.6 Å². The van der Waals surface area contributed by atoms with Crippen LogP contribution in [-0.2, 0) is 20.8 Å². The van der Waals surface area contributed by atoms with Crippen LogP contribution in [0.5, 0.6) is 0 Å². The van der Waals surface area contributed by atoms with Crippen molar-refractivity contribution in [1.82, 2.24) is 10.6 Å². The quantitative estimate of drug-likeness (QED) is 0.543. The maximum Gasteiger partial charge on any atom is 0.272 e. The van der Waals surface area contributed by atoms with Gasteiger partial charge in [0, 0.05) is 24.2 Å². The number of hydrogen-bond donors (Lipinski definition) is 2. The fourth-order valence-corrected chi connectivity index (χ4v) is 4.45. The predicted molar refractivity (Wildman–Crippen MR) is 134 cm³/mol. The van der Waals surface area contributed by atoms with E-state index in [0.717, 1.165) is 29.3 Å². The van der Waals surface area contributed by atoms with Crippen molar-refractivity contribution < 1.29 is 23.2 Å². The summed E-state index contributed by atoms with van der Waals surface area (Å²) in [6, 6.07) is 19.6. The Labute approximate surface area is 212 Å². The van der Waals surface area contributed by atoms with E-state index in [2.05, 4.69) is 15.6 Å². The molecule has 7 nitrogen and oxygen atoms in total. The molecule has 0 spiro atoms. The molecular weight excluding hydrogens is 478 g/mol. The third kappa shape index (κ3) is 4.97. The average Bonchev–Trinajstić information content (AvgIpc) is 3.66. The molecule has 0 saturated heterocycles. The van der Waals surface area contributed by atoms with Gasteiger partial charge in [-0.15, -0.1) is 0 Å². The van der Waals surface area contributed by atoms with Crippen LogP contribution >= 0.6 is 0 Å². The zero-order valence-corrected chi connectivity index (χ0v) is 20.0.